The number of thioether (sulfide) groups is 1. The van der Waals surface area contributed by atoms with Crippen molar-refractivity contribution in [1.82, 2.24) is 5.09 Å². The molecule has 0 unspecified atom stereocenters. The van der Waals surface area contributed by atoms with Crippen LogP contribution in [0, 0.1) is 0 Å². The van der Waals surface area contributed by atoms with E-state index < -0.39 is 7.29 Å². The molecule has 0 aliphatic carbocycles. The highest BCUT2D eigenvalue weighted by Crippen LogP contribution is 2.58. The maximum absolute atomic E-state index is 13.4. The third-order valence-corrected chi connectivity index (χ3v) is 7.34. The lowest BCUT2D eigenvalue weighted by Crippen LogP contribution is -2.13. The molecule has 0 amide bonds. The van der Waals surface area contributed by atoms with E-state index in [1.807, 2.05) is 48.0 Å². The van der Waals surface area contributed by atoms with E-state index in [1.54, 1.807) is 18.9 Å². The Morgan fingerprint density at radius 3 is 1.92 bits per heavy atom. The highest BCUT2D eigenvalue weighted by Gasteiger charge is 2.25. The SMILES string of the molecule is COCCCNP1(=O)C=C(c2ccccc2)SC(c2ccccc2)=C1. The van der Waals surface area contributed by atoms with Crippen LogP contribution in [-0.4, -0.2) is 20.3 Å². The summed E-state index contributed by atoms with van der Waals surface area (Å²) in [4.78, 5) is 2.06. The van der Waals surface area contributed by atoms with Crippen molar-refractivity contribution in [3.05, 3.63) is 83.4 Å². The average Bonchev–Trinajstić information content (AvgIpc) is 2.66. The van der Waals surface area contributed by atoms with Gasteiger partial charge >= 0.3 is 0 Å². The Morgan fingerprint density at radius 1 is 0.920 bits per heavy atom. The second kappa shape index (κ2) is 8.68. The van der Waals surface area contributed by atoms with Gasteiger partial charge in [-0.05, 0) is 17.5 Å². The molecule has 0 bridgehead atoms. The fourth-order valence-corrected chi connectivity index (χ4v) is 6.46. The van der Waals surface area contributed by atoms with Crippen LogP contribution in [0.4, 0.5) is 0 Å². The van der Waals surface area contributed by atoms with Gasteiger partial charge in [-0.3, -0.25) is 9.65 Å². The minimum Gasteiger partial charge on any atom is -0.385 e. The summed E-state index contributed by atoms with van der Waals surface area (Å²) in [6, 6.07) is 20.3. The molecule has 3 nitrogen and oxygen atoms in total. The van der Waals surface area contributed by atoms with E-state index in [4.69, 9.17) is 4.74 Å². The second-order valence-electron chi connectivity index (χ2n) is 5.78. The van der Waals surface area contributed by atoms with Crippen molar-refractivity contribution in [1.29, 1.82) is 0 Å². The van der Waals surface area contributed by atoms with Crippen molar-refractivity contribution in [2.24, 2.45) is 0 Å². The van der Waals surface area contributed by atoms with Gasteiger partial charge in [-0.1, -0.05) is 72.4 Å². The molecule has 25 heavy (non-hydrogen) atoms. The van der Waals surface area contributed by atoms with Crippen LogP contribution in [-0.2, 0) is 9.30 Å². The summed E-state index contributed by atoms with van der Waals surface area (Å²) in [5.74, 6) is 3.79. The van der Waals surface area contributed by atoms with Crippen molar-refractivity contribution in [2.45, 2.75) is 6.42 Å². The van der Waals surface area contributed by atoms with Crippen LogP contribution in [0.1, 0.15) is 17.5 Å². The molecule has 2 aromatic rings. The van der Waals surface area contributed by atoms with Crippen LogP contribution < -0.4 is 5.09 Å². The monoisotopic (exact) mass is 371 g/mol. The Morgan fingerprint density at radius 2 is 1.44 bits per heavy atom. The highest BCUT2D eigenvalue weighted by atomic mass is 32.2. The lowest BCUT2D eigenvalue weighted by Gasteiger charge is -2.22. The molecule has 0 aromatic heterocycles. The lowest BCUT2D eigenvalue weighted by molar-refractivity contribution is 0.196. The Hall–Kier alpha value is -1.58. The van der Waals surface area contributed by atoms with E-state index in [9.17, 15) is 4.57 Å². The molecule has 0 saturated carbocycles. The number of hydrogen-bond acceptors (Lipinski definition) is 3. The molecule has 1 heterocycles. The van der Waals surface area contributed by atoms with E-state index in [0.29, 0.717) is 13.2 Å². The third-order valence-electron chi connectivity index (χ3n) is 3.84. The molecule has 0 fully saturated rings. The summed E-state index contributed by atoms with van der Waals surface area (Å²) in [6.07, 6.45) is 0.830. The van der Waals surface area contributed by atoms with Crippen molar-refractivity contribution < 1.29 is 9.30 Å². The topological polar surface area (TPSA) is 38.3 Å². The van der Waals surface area contributed by atoms with Gasteiger partial charge < -0.3 is 4.74 Å². The van der Waals surface area contributed by atoms with Crippen LogP contribution >= 0.6 is 19.1 Å². The molecular weight excluding hydrogens is 349 g/mol. The first-order valence-electron chi connectivity index (χ1n) is 8.28. The van der Waals surface area contributed by atoms with E-state index >= 15 is 0 Å². The van der Waals surface area contributed by atoms with Crippen LogP contribution in [0.2, 0.25) is 0 Å². The normalized spacial score (nSPS) is 16.2. The van der Waals surface area contributed by atoms with E-state index in [-0.39, 0.29) is 0 Å². The molecule has 5 heteroatoms. The summed E-state index contributed by atoms with van der Waals surface area (Å²) in [5, 5.41) is 3.24. The molecule has 1 N–H and O–H groups in total. The second-order valence-corrected chi connectivity index (χ2v) is 9.12. The molecule has 1 aliphatic rings. The van der Waals surface area contributed by atoms with Gasteiger partial charge in [0.2, 0.25) is 0 Å². The zero-order chi connectivity index (χ0) is 17.5. The number of ether oxygens (including phenoxy) is 1. The minimum atomic E-state index is -2.75. The molecule has 0 saturated heterocycles. The number of nitrogens with one attached hydrogen (secondary N) is 1. The van der Waals surface area contributed by atoms with E-state index in [1.165, 1.54) is 0 Å². The average molecular weight is 371 g/mol. The highest BCUT2D eigenvalue weighted by molar-refractivity contribution is 8.17. The van der Waals surface area contributed by atoms with Gasteiger partial charge in [0.25, 0.3) is 0 Å². The minimum absolute atomic E-state index is 0.659. The molecule has 3 rings (SSSR count). The standard InChI is InChI=1S/C20H22NO2PS/c1-23-14-8-13-21-24(22)15-19(17-9-4-2-5-10-17)25-20(16-24)18-11-6-3-7-12-18/h2-7,9-12,15-16H,8,13-14H2,1H3,(H,21,22). The Balaban J connectivity index is 1.91. The summed E-state index contributed by atoms with van der Waals surface area (Å²) in [6.45, 7) is 1.32. The molecule has 130 valence electrons. The Bertz CT molecular complexity index is 743. The smallest absolute Gasteiger partial charge is 0.192 e. The number of hydrogen-bond donors (Lipinski definition) is 1. The van der Waals surface area contributed by atoms with Crippen molar-refractivity contribution in [3.63, 3.8) is 0 Å². The van der Waals surface area contributed by atoms with Gasteiger partial charge in [0.1, 0.15) is 0 Å². The Kier molecular flexibility index (Phi) is 6.33. The van der Waals surface area contributed by atoms with Crippen LogP contribution in [0.25, 0.3) is 9.81 Å². The van der Waals surface area contributed by atoms with Crippen LogP contribution in [0.15, 0.2) is 72.3 Å². The molecule has 1 aliphatic heterocycles. The fourth-order valence-electron chi connectivity index (χ4n) is 2.59. The molecular formula is C20H22NO2PS. The zero-order valence-electron chi connectivity index (χ0n) is 14.2. The Labute approximate surface area is 153 Å². The predicted octanol–water partition coefficient (Wildman–Crippen LogP) is 5.63. The third kappa shape index (κ3) is 4.96. The van der Waals surface area contributed by atoms with E-state index in [2.05, 4.69) is 29.4 Å². The van der Waals surface area contributed by atoms with Gasteiger partial charge in [0.05, 0.1) is 0 Å². The first-order chi connectivity index (χ1) is 12.2. The van der Waals surface area contributed by atoms with Crippen molar-refractivity contribution >= 4 is 28.9 Å². The first-order valence-corrected chi connectivity index (χ1v) is 10.9. The largest absolute Gasteiger partial charge is 0.385 e. The van der Waals surface area contributed by atoms with Gasteiger partial charge in [-0.15, -0.1) is 0 Å². The number of benzene rings is 2. The molecule has 0 atom stereocenters. The summed E-state index contributed by atoms with van der Waals surface area (Å²) in [5.41, 5.74) is 2.18. The molecule has 0 radical (unpaired) electrons. The van der Waals surface area contributed by atoms with Gasteiger partial charge in [0, 0.05) is 41.7 Å². The zero-order valence-corrected chi connectivity index (χ0v) is 15.9. The van der Waals surface area contributed by atoms with Gasteiger partial charge in [-0.25, -0.2) is 0 Å². The van der Waals surface area contributed by atoms with E-state index in [0.717, 1.165) is 27.4 Å². The molecule has 2 aromatic carbocycles. The summed E-state index contributed by atoms with van der Waals surface area (Å²) >= 11 is 1.67. The van der Waals surface area contributed by atoms with Gasteiger partial charge in [0.15, 0.2) is 7.29 Å². The quantitative estimate of drug-likeness (QED) is 0.505. The molecule has 0 spiro atoms. The van der Waals surface area contributed by atoms with Crippen molar-refractivity contribution in [2.75, 3.05) is 20.3 Å². The van der Waals surface area contributed by atoms with Crippen molar-refractivity contribution in [3.8, 4) is 0 Å². The maximum atomic E-state index is 13.4. The number of rotatable bonds is 7. The summed E-state index contributed by atoms with van der Waals surface area (Å²) < 4.78 is 18.5. The maximum Gasteiger partial charge on any atom is 0.192 e. The lowest BCUT2D eigenvalue weighted by atomic mass is 10.2. The fraction of sp³-hybridized carbons (Fsp3) is 0.200. The van der Waals surface area contributed by atoms with Crippen LogP contribution in [0.5, 0.6) is 0 Å². The first kappa shape index (κ1) is 18.2. The predicted molar refractivity (Wildman–Crippen MR) is 109 cm³/mol. The summed E-state index contributed by atoms with van der Waals surface area (Å²) in [7, 11) is -1.07. The van der Waals surface area contributed by atoms with Gasteiger partial charge in [-0.2, -0.15) is 0 Å². The number of methoxy groups -OCH3 is 1. The van der Waals surface area contributed by atoms with Crippen LogP contribution in [0.3, 0.4) is 0 Å².